The highest BCUT2D eigenvalue weighted by Gasteiger charge is 2.09. The molecule has 2 heterocycles. The fourth-order valence-electron chi connectivity index (χ4n) is 1.50. The van der Waals surface area contributed by atoms with Gasteiger partial charge in [-0.3, -0.25) is 0 Å². The quantitative estimate of drug-likeness (QED) is 0.680. The van der Waals surface area contributed by atoms with Crippen LogP contribution in [-0.4, -0.2) is 9.53 Å². The number of anilines is 1. The summed E-state index contributed by atoms with van der Waals surface area (Å²) in [4.78, 5) is 0. The zero-order valence-corrected chi connectivity index (χ0v) is 8.49. The maximum atomic E-state index is 5.52. The molecular weight excluding hydrogens is 210 g/mol. The van der Waals surface area contributed by atoms with Crippen LogP contribution >= 0.6 is 11.5 Å². The summed E-state index contributed by atoms with van der Waals surface area (Å²) in [6, 6.07) is 7.67. The number of nitrogen functional groups attached to an aromatic ring is 1. The first-order valence-electron chi connectivity index (χ1n) is 4.40. The Labute approximate surface area is 89.5 Å². The second-order valence-corrected chi connectivity index (χ2v) is 3.97. The summed E-state index contributed by atoms with van der Waals surface area (Å²) in [7, 11) is 0. The fraction of sp³-hybridized carbons (Fsp3) is 0. The molecule has 0 aliphatic carbocycles. The number of hydrogen-bond donors (Lipinski definition) is 1. The Bertz CT molecular complexity index is 614. The number of nitrogens with zero attached hydrogens (tertiary/aromatic N) is 2. The van der Waals surface area contributed by atoms with Gasteiger partial charge in [-0.2, -0.15) is 4.37 Å². The van der Waals surface area contributed by atoms with Crippen molar-refractivity contribution in [3.05, 3.63) is 30.5 Å². The highest BCUT2D eigenvalue weighted by atomic mass is 32.1. The molecule has 0 saturated carbocycles. The Balaban J connectivity index is 2.30. The van der Waals surface area contributed by atoms with Crippen LogP contribution in [0.1, 0.15) is 0 Å². The van der Waals surface area contributed by atoms with Crippen molar-refractivity contribution in [1.29, 1.82) is 0 Å². The van der Waals surface area contributed by atoms with Crippen molar-refractivity contribution in [3.8, 4) is 11.3 Å². The molecule has 2 N–H and O–H groups in total. The lowest BCUT2D eigenvalue weighted by atomic mass is 10.1. The van der Waals surface area contributed by atoms with Crippen LogP contribution in [0.25, 0.3) is 21.4 Å². The first kappa shape index (κ1) is 8.43. The van der Waals surface area contributed by atoms with Crippen LogP contribution in [0.15, 0.2) is 35.0 Å². The van der Waals surface area contributed by atoms with E-state index in [9.17, 15) is 0 Å². The highest BCUT2D eigenvalue weighted by Crippen LogP contribution is 2.31. The van der Waals surface area contributed by atoms with Crippen LogP contribution in [0.2, 0.25) is 0 Å². The van der Waals surface area contributed by atoms with Crippen LogP contribution in [0.3, 0.4) is 0 Å². The highest BCUT2D eigenvalue weighted by molar-refractivity contribution is 7.13. The van der Waals surface area contributed by atoms with E-state index in [4.69, 9.17) is 10.3 Å². The minimum Gasteiger partial charge on any atom is -0.381 e. The minimum atomic E-state index is 0.395. The molecule has 5 heteroatoms. The molecule has 4 nitrogen and oxygen atoms in total. The summed E-state index contributed by atoms with van der Waals surface area (Å²) in [5, 5.41) is 4.78. The van der Waals surface area contributed by atoms with E-state index in [1.54, 1.807) is 6.07 Å². The van der Waals surface area contributed by atoms with Gasteiger partial charge in [0.15, 0.2) is 11.6 Å². The summed E-state index contributed by atoms with van der Waals surface area (Å²) in [5.41, 5.74) is 6.50. The number of aromatic nitrogens is 2. The Morgan fingerprint density at radius 2 is 2.27 bits per heavy atom. The van der Waals surface area contributed by atoms with Gasteiger partial charge in [-0.15, -0.1) is 0 Å². The molecule has 3 aromatic rings. The molecule has 74 valence electrons. The molecular formula is C10H7N3OS. The average molecular weight is 217 g/mol. The zero-order chi connectivity index (χ0) is 10.3. The molecule has 0 amide bonds. The summed E-state index contributed by atoms with van der Waals surface area (Å²) in [6.45, 7) is 0. The van der Waals surface area contributed by atoms with Crippen molar-refractivity contribution in [3.63, 3.8) is 0 Å². The lowest BCUT2D eigenvalue weighted by Gasteiger charge is -1.95. The van der Waals surface area contributed by atoms with E-state index in [1.807, 2.05) is 24.4 Å². The van der Waals surface area contributed by atoms with Gasteiger partial charge < -0.3 is 10.3 Å². The van der Waals surface area contributed by atoms with Gasteiger partial charge in [0, 0.05) is 23.2 Å². The number of hydrogen-bond acceptors (Lipinski definition) is 5. The Hall–Kier alpha value is -1.88. The van der Waals surface area contributed by atoms with Crippen molar-refractivity contribution in [2.24, 2.45) is 0 Å². The van der Waals surface area contributed by atoms with E-state index in [2.05, 4.69) is 9.53 Å². The monoisotopic (exact) mass is 217 g/mol. The standard InChI is InChI=1S/C10H7N3OS/c11-9-4-8(14-13-9)7-3-1-2-6-5-12-15-10(6)7/h1-5H,(H2,11,13). The first-order valence-corrected chi connectivity index (χ1v) is 5.18. The lowest BCUT2D eigenvalue weighted by molar-refractivity contribution is 0.436. The van der Waals surface area contributed by atoms with Crippen LogP contribution in [-0.2, 0) is 0 Å². The van der Waals surface area contributed by atoms with Gasteiger partial charge in [-0.05, 0) is 17.6 Å². The normalized spacial score (nSPS) is 10.9. The zero-order valence-electron chi connectivity index (χ0n) is 7.68. The maximum Gasteiger partial charge on any atom is 0.170 e. The Kier molecular flexibility index (Phi) is 1.72. The molecule has 0 saturated heterocycles. The predicted molar refractivity (Wildman–Crippen MR) is 59.5 cm³/mol. The van der Waals surface area contributed by atoms with Gasteiger partial charge in [0.2, 0.25) is 0 Å². The van der Waals surface area contributed by atoms with E-state index in [0.717, 1.165) is 15.6 Å². The molecule has 1 aromatic carbocycles. The molecule has 0 aliphatic heterocycles. The van der Waals surface area contributed by atoms with Gasteiger partial charge in [-0.1, -0.05) is 17.3 Å². The SMILES string of the molecule is Nc1cc(-c2cccc3cnsc23)on1. The molecule has 0 spiro atoms. The number of nitrogens with two attached hydrogens (primary N) is 1. The molecule has 2 aromatic heterocycles. The van der Waals surface area contributed by atoms with Gasteiger partial charge in [-0.25, -0.2) is 0 Å². The molecule has 0 unspecified atom stereocenters. The third-order valence-corrected chi connectivity index (χ3v) is 3.02. The summed E-state index contributed by atoms with van der Waals surface area (Å²) in [5.74, 6) is 1.08. The van der Waals surface area contributed by atoms with Crippen molar-refractivity contribution in [2.45, 2.75) is 0 Å². The molecule has 3 rings (SSSR count). The van der Waals surface area contributed by atoms with Crippen molar-refractivity contribution >= 4 is 27.4 Å². The molecule has 15 heavy (non-hydrogen) atoms. The van der Waals surface area contributed by atoms with Crippen LogP contribution in [0, 0.1) is 0 Å². The van der Waals surface area contributed by atoms with E-state index in [-0.39, 0.29) is 0 Å². The Morgan fingerprint density at radius 1 is 1.33 bits per heavy atom. The van der Waals surface area contributed by atoms with E-state index < -0.39 is 0 Å². The van der Waals surface area contributed by atoms with Crippen LogP contribution in [0.4, 0.5) is 5.82 Å². The van der Waals surface area contributed by atoms with Crippen molar-refractivity contribution < 1.29 is 4.52 Å². The van der Waals surface area contributed by atoms with Gasteiger partial charge >= 0.3 is 0 Å². The number of benzene rings is 1. The van der Waals surface area contributed by atoms with Gasteiger partial charge in [0.25, 0.3) is 0 Å². The Morgan fingerprint density at radius 3 is 3.07 bits per heavy atom. The van der Waals surface area contributed by atoms with Gasteiger partial charge in [0.1, 0.15) is 0 Å². The molecule has 0 atom stereocenters. The molecule has 0 radical (unpaired) electrons. The van der Waals surface area contributed by atoms with E-state index in [1.165, 1.54) is 11.5 Å². The second kappa shape index (κ2) is 3.06. The summed E-state index contributed by atoms with van der Waals surface area (Å²) in [6.07, 6.45) is 1.84. The third kappa shape index (κ3) is 1.28. The molecule has 0 bridgehead atoms. The van der Waals surface area contributed by atoms with Crippen molar-refractivity contribution in [1.82, 2.24) is 9.53 Å². The molecule has 0 aliphatic rings. The minimum absolute atomic E-state index is 0.395. The lowest BCUT2D eigenvalue weighted by Crippen LogP contribution is -1.80. The van der Waals surface area contributed by atoms with Crippen molar-refractivity contribution in [2.75, 3.05) is 5.73 Å². The topological polar surface area (TPSA) is 64.9 Å². The summed E-state index contributed by atoms with van der Waals surface area (Å²) >= 11 is 1.44. The average Bonchev–Trinajstić information content (AvgIpc) is 2.84. The van der Waals surface area contributed by atoms with E-state index >= 15 is 0 Å². The number of rotatable bonds is 1. The van der Waals surface area contributed by atoms with Crippen LogP contribution < -0.4 is 5.73 Å². The van der Waals surface area contributed by atoms with E-state index in [0.29, 0.717) is 11.6 Å². The summed E-state index contributed by atoms with van der Waals surface area (Å²) < 4.78 is 10.4. The number of fused-ring (bicyclic) bond motifs is 1. The maximum absolute atomic E-state index is 5.52. The van der Waals surface area contributed by atoms with Crippen LogP contribution in [0.5, 0.6) is 0 Å². The third-order valence-electron chi connectivity index (χ3n) is 2.18. The largest absolute Gasteiger partial charge is 0.381 e. The fourth-order valence-corrected chi connectivity index (χ4v) is 2.27. The smallest absolute Gasteiger partial charge is 0.170 e. The van der Waals surface area contributed by atoms with Gasteiger partial charge in [0.05, 0.1) is 4.70 Å². The first-order chi connectivity index (χ1) is 7.34. The molecule has 0 fully saturated rings. The predicted octanol–water partition coefficient (Wildman–Crippen LogP) is 2.53. The second-order valence-electron chi connectivity index (χ2n) is 3.17.